The standard InChI is InChI=1S/C10H13OPS2.C6H15N/c1-6-4-7(2)9(8(3)5-6)10(11)12(13)14;1-4-7(5-2)6-3/h4-5,12H,1-3H3,(H,13,14);4-6H2,1-3H3. The van der Waals surface area contributed by atoms with Crippen molar-refractivity contribution in [3.05, 3.63) is 34.4 Å². The van der Waals surface area contributed by atoms with Gasteiger partial charge >= 0.3 is 0 Å². The molecular weight excluding hydrogens is 317 g/mol. The van der Waals surface area contributed by atoms with E-state index < -0.39 is 5.90 Å². The Bertz CT molecular complexity index is 471. The van der Waals surface area contributed by atoms with Crippen molar-refractivity contribution in [1.82, 2.24) is 4.90 Å². The van der Waals surface area contributed by atoms with Gasteiger partial charge in [0.25, 0.3) is 0 Å². The quantitative estimate of drug-likeness (QED) is 0.621. The lowest BCUT2D eigenvalue weighted by Gasteiger charge is -2.13. The fourth-order valence-corrected chi connectivity index (χ4v) is 3.57. The van der Waals surface area contributed by atoms with Crippen LogP contribution >= 0.6 is 18.1 Å². The smallest absolute Gasteiger partial charge is 0.201 e. The minimum Gasteiger partial charge on any atom is -0.304 e. The molecule has 0 saturated carbocycles. The summed E-state index contributed by atoms with van der Waals surface area (Å²) in [6.45, 7) is 16.0. The van der Waals surface area contributed by atoms with Crippen LogP contribution in [0, 0.1) is 20.8 Å². The number of aryl methyl sites for hydroxylation is 3. The van der Waals surface area contributed by atoms with Crippen molar-refractivity contribution in [2.45, 2.75) is 41.5 Å². The summed E-state index contributed by atoms with van der Waals surface area (Å²) in [5.41, 5.74) is 3.99. The number of benzene rings is 1. The molecule has 0 fully saturated rings. The maximum absolute atomic E-state index is 11.8. The first-order valence-corrected chi connectivity index (χ1v) is 11.3. The van der Waals surface area contributed by atoms with Crippen LogP contribution in [-0.4, -0.2) is 30.1 Å². The van der Waals surface area contributed by atoms with Gasteiger partial charge in [0.15, 0.2) is 0 Å². The van der Waals surface area contributed by atoms with Crippen LogP contribution in [0.1, 0.15) is 47.8 Å². The largest absolute Gasteiger partial charge is 0.304 e. The zero-order valence-corrected chi connectivity index (χ0v) is 16.7. The Kier molecular flexibility index (Phi) is 10.5. The second kappa shape index (κ2) is 10.6. The molecule has 5 heteroatoms. The van der Waals surface area contributed by atoms with Crippen LogP contribution in [0.2, 0.25) is 0 Å². The Morgan fingerprint density at radius 2 is 1.48 bits per heavy atom. The summed E-state index contributed by atoms with van der Waals surface area (Å²) in [6.07, 6.45) is 0. The molecule has 1 atom stereocenters. The van der Waals surface area contributed by atoms with Crippen LogP contribution in [-0.2, 0) is 11.8 Å². The molecule has 120 valence electrons. The first kappa shape index (κ1) is 20.9. The van der Waals surface area contributed by atoms with E-state index in [4.69, 9.17) is 11.8 Å². The number of carbonyl (C=O) groups excluding carboxylic acids is 1. The summed E-state index contributed by atoms with van der Waals surface area (Å²) >= 11 is 9.04. The van der Waals surface area contributed by atoms with Gasteiger partial charge in [0.2, 0.25) is 5.52 Å². The fourth-order valence-electron chi connectivity index (χ4n) is 2.32. The van der Waals surface area contributed by atoms with E-state index in [1.54, 1.807) is 0 Å². The van der Waals surface area contributed by atoms with Gasteiger partial charge in [0.05, 0.1) is 5.90 Å². The first-order chi connectivity index (χ1) is 9.78. The van der Waals surface area contributed by atoms with E-state index in [9.17, 15) is 4.79 Å². The zero-order valence-electron chi connectivity index (χ0n) is 14.0. The minimum atomic E-state index is -1.58. The lowest BCUT2D eigenvalue weighted by Crippen LogP contribution is -2.21. The number of rotatable bonds is 5. The van der Waals surface area contributed by atoms with Crippen LogP contribution in [0.15, 0.2) is 12.1 Å². The third-order valence-electron chi connectivity index (χ3n) is 3.44. The van der Waals surface area contributed by atoms with Crippen molar-refractivity contribution >= 4 is 35.5 Å². The van der Waals surface area contributed by atoms with Crippen molar-refractivity contribution in [2.75, 3.05) is 19.6 Å². The molecule has 21 heavy (non-hydrogen) atoms. The predicted octanol–water partition coefficient (Wildman–Crippen LogP) is 4.62. The topological polar surface area (TPSA) is 20.3 Å². The number of hydrogen-bond donors (Lipinski definition) is 1. The third kappa shape index (κ3) is 7.10. The van der Waals surface area contributed by atoms with E-state index >= 15 is 0 Å². The molecule has 0 aliphatic heterocycles. The molecule has 1 aromatic carbocycles. The highest BCUT2D eigenvalue weighted by atomic mass is 32.9. The lowest BCUT2D eigenvalue weighted by molar-refractivity contribution is 0.108. The van der Waals surface area contributed by atoms with Crippen molar-refractivity contribution in [3.63, 3.8) is 0 Å². The van der Waals surface area contributed by atoms with Gasteiger partial charge in [-0.05, 0) is 51.5 Å². The Balaban J connectivity index is 0.000000486. The van der Waals surface area contributed by atoms with Crippen LogP contribution < -0.4 is 0 Å². The molecule has 0 aliphatic carbocycles. The fraction of sp³-hybridized carbons (Fsp3) is 0.562. The Hall–Kier alpha value is -0.150. The van der Waals surface area contributed by atoms with Gasteiger partial charge in [-0.15, -0.1) is 12.2 Å². The predicted molar refractivity (Wildman–Crippen MR) is 103 cm³/mol. The number of carbonyl (C=O) groups is 1. The van der Waals surface area contributed by atoms with Crippen LogP contribution in [0.25, 0.3) is 0 Å². The molecule has 0 saturated heterocycles. The Morgan fingerprint density at radius 3 is 1.71 bits per heavy atom. The maximum Gasteiger partial charge on any atom is 0.201 e. The van der Waals surface area contributed by atoms with Gasteiger partial charge in [-0.1, -0.05) is 50.3 Å². The number of thiol groups is 1. The molecule has 0 aliphatic rings. The molecule has 1 aromatic rings. The summed E-state index contributed by atoms with van der Waals surface area (Å²) in [4.78, 5) is 14.1. The minimum absolute atomic E-state index is 0.0309. The van der Waals surface area contributed by atoms with Crippen LogP contribution in [0.5, 0.6) is 0 Å². The van der Waals surface area contributed by atoms with Gasteiger partial charge in [0, 0.05) is 5.56 Å². The molecule has 0 radical (unpaired) electrons. The second-order valence-corrected chi connectivity index (χ2v) is 9.57. The van der Waals surface area contributed by atoms with Crippen LogP contribution in [0.4, 0.5) is 0 Å². The van der Waals surface area contributed by atoms with Gasteiger partial charge in [-0.2, -0.15) is 0 Å². The van der Waals surface area contributed by atoms with Crippen molar-refractivity contribution < 1.29 is 4.79 Å². The highest BCUT2D eigenvalue weighted by molar-refractivity contribution is 8.61. The maximum atomic E-state index is 11.8. The summed E-state index contributed by atoms with van der Waals surface area (Å²) in [5, 5.41) is 0. The van der Waals surface area contributed by atoms with Gasteiger partial charge in [0.1, 0.15) is 0 Å². The first-order valence-electron chi connectivity index (χ1n) is 7.36. The average molecular weight is 346 g/mol. The molecule has 0 heterocycles. The second-order valence-electron chi connectivity index (χ2n) is 5.03. The number of hydrogen-bond acceptors (Lipinski definition) is 3. The Morgan fingerprint density at radius 1 is 1.10 bits per heavy atom. The van der Waals surface area contributed by atoms with Gasteiger partial charge < -0.3 is 4.90 Å². The van der Waals surface area contributed by atoms with Gasteiger partial charge in [-0.3, -0.25) is 4.79 Å². The molecular formula is C16H28NOPS2. The van der Waals surface area contributed by atoms with Crippen LogP contribution in [0.3, 0.4) is 0 Å². The SMILES string of the molecule is CCN(CC)CC.Cc1cc(C)c(C(=O)[PH](=S)S)c(C)c1. The molecule has 0 amide bonds. The molecule has 0 spiro atoms. The van der Waals surface area contributed by atoms with Crippen molar-refractivity contribution in [3.8, 4) is 0 Å². The third-order valence-corrected chi connectivity index (χ3v) is 5.24. The summed E-state index contributed by atoms with van der Waals surface area (Å²) < 4.78 is 0. The zero-order chi connectivity index (χ0) is 16.6. The van der Waals surface area contributed by atoms with Crippen molar-refractivity contribution in [2.24, 2.45) is 0 Å². The highest BCUT2D eigenvalue weighted by Crippen LogP contribution is 2.34. The van der Waals surface area contributed by atoms with Gasteiger partial charge in [-0.25, -0.2) is 0 Å². The molecule has 1 rings (SSSR count). The molecule has 0 aromatic heterocycles. The van der Waals surface area contributed by atoms with E-state index in [2.05, 4.69) is 37.9 Å². The molecule has 1 unspecified atom stereocenters. The van der Waals surface area contributed by atoms with E-state index in [-0.39, 0.29) is 5.52 Å². The average Bonchev–Trinajstić information content (AvgIpc) is 2.40. The molecule has 0 N–H and O–H groups in total. The normalized spacial score (nSPS) is 11.8. The summed E-state index contributed by atoms with van der Waals surface area (Å²) in [7, 11) is 0. The van der Waals surface area contributed by atoms with E-state index in [0.29, 0.717) is 0 Å². The van der Waals surface area contributed by atoms with E-state index in [1.165, 1.54) is 25.2 Å². The summed E-state index contributed by atoms with van der Waals surface area (Å²) in [5.74, 6) is -1.58. The monoisotopic (exact) mass is 345 g/mol. The molecule has 2 nitrogen and oxygen atoms in total. The number of nitrogens with zero attached hydrogens (tertiary/aromatic N) is 1. The highest BCUT2D eigenvalue weighted by Gasteiger charge is 2.13. The summed E-state index contributed by atoms with van der Waals surface area (Å²) in [6, 6.07) is 4.02. The molecule has 0 bridgehead atoms. The lowest BCUT2D eigenvalue weighted by atomic mass is 10.0. The Labute approximate surface area is 140 Å². The van der Waals surface area contributed by atoms with E-state index in [0.717, 1.165) is 16.7 Å². The van der Waals surface area contributed by atoms with E-state index in [1.807, 2.05) is 32.9 Å². The van der Waals surface area contributed by atoms with Crippen molar-refractivity contribution in [1.29, 1.82) is 0 Å².